The smallest absolute Gasteiger partial charge is 0.352 e. The van der Waals surface area contributed by atoms with Gasteiger partial charge in [0.2, 0.25) is 0 Å². The van der Waals surface area contributed by atoms with Crippen molar-refractivity contribution in [3.05, 3.63) is 30.7 Å². The Kier molecular flexibility index (Phi) is 16.6. The molecule has 0 aromatic carbocycles. The van der Waals surface area contributed by atoms with E-state index in [9.17, 15) is 0 Å². The maximum absolute atomic E-state index is 4.39. The second-order valence-corrected chi connectivity index (χ2v) is 2.04. The van der Waals surface area contributed by atoms with E-state index in [0.29, 0.717) is 0 Å². The first kappa shape index (κ1) is 14.0. The summed E-state index contributed by atoms with van der Waals surface area (Å²) in [7, 11) is 0. The van der Waals surface area contributed by atoms with Crippen molar-refractivity contribution in [1.29, 1.82) is 0 Å². The van der Waals surface area contributed by atoms with Crippen molar-refractivity contribution in [2.24, 2.45) is 0 Å². The molecule has 0 aromatic rings. The Labute approximate surface area is 88.4 Å². The van der Waals surface area contributed by atoms with Crippen LogP contribution in [0.2, 0.25) is 0 Å². The van der Waals surface area contributed by atoms with Gasteiger partial charge < -0.3 is 11.6 Å². The van der Waals surface area contributed by atoms with Crippen molar-refractivity contribution in [2.45, 2.75) is 25.7 Å². The molecule has 0 bridgehead atoms. The Morgan fingerprint density at radius 2 is 2.00 bits per heavy atom. The summed E-state index contributed by atoms with van der Waals surface area (Å²) in [6, 6.07) is 0. The van der Waals surface area contributed by atoms with Gasteiger partial charge in [-0.2, -0.15) is 6.08 Å². The third kappa shape index (κ3) is 10.4. The van der Waals surface area contributed by atoms with Gasteiger partial charge in [-0.1, -0.05) is 19.3 Å². The van der Waals surface area contributed by atoms with Crippen LogP contribution in [-0.2, 0) is 20.4 Å². The molecule has 0 saturated heterocycles. The maximum atomic E-state index is 4.39. The zero-order valence-electron chi connectivity index (χ0n) is 6.46. The van der Waals surface area contributed by atoms with Gasteiger partial charge in [-0.3, -0.25) is 12.5 Å². The molecule has 1 aliphatic rings. The second kappa shape index (κ2) is 13.1. The molecule has 0 radical (unpaired) electrons. The normalized spacial score (nSPS) is 18.0. The van der Waals surface area contributed by atoms with Gasteiger partial charge >= 0.3 is 20.4 Å². The van der Waals surface area contributed by atoms with Crippen molar-refractivity contribution in [3.63, 3.8) is 0 Å². The van der Waals surface area contributed by atoms with Gasteiger partial charge in [0.15, 0.2) is 0 Å². The van der Waals surface area contributed by atoms with Crippen LogP contribution in [0.15, 0.2) is 18.2 Å². The third-order valence-electron chi connectivity index (χ3n) is 1.29. The molecule has 0 amide bonds. The molecule has 2 heteroatoms. The van der Waals surface area contributed by atoms with E-state index < -0.39 is 0 Å². The summed E-state index contributed by atoms with van der Waals surface area (Å²) < 4.78 is 0. The minimum atomic E-state index is 0. The standard InChI is InChI=1S/C8H11.CH2Cl.Pd/c1-2-4-6-8-7-5-3-1;1-2;/h1-3H,4,6-8H2;1H2;/q2*-1;+2/b2-1-;;. The predicted molar refractivity (Wildman–Crippen MR) is 46.6 cm³/mol. The summed E-state index contributed by atoms with van der Waals surface area (Å²) >= 11 is 4.39. The minimum Gasteiger partial charge on any atom is -0.352 e. The monoisotopic (exact) mass is 262 g/mol. The van der Waals surface area contributed by atoms with Gasteiger partial charge in [0.25, 0.3) is 0 Å². The molecule has 0 saturated carbocycles. The fourth-order valence-electron chi connectivity index (χ4n) is 0.805. The van der Waals surface area contributed by atoms with E-state index in [1.54, 1.807) is 0 Å². The molecule has 0 unspecified atom stereocenters. The van der Waals surface area contributed by atoms with Gasteiger partial charge in [0.1, 0.15) is 0 Å². The third-order valence-corrected chi connectivity index (χ3v) is 1.29. The van der Waals surface area contributed by atoms with Crippen molar-refractivity contribution >= 4 is 11.6 Å². The summed E-state index contributed by atoms with van der Waals surface area (Å²) in [6.07, 6.45) is 17.2. The summed E-state index contributed by atoms with van der Waals surface area (Å²) in [5.41, 5.74) is 0. The first-order chi connectivity index (χ1) is 5.00. The molecule has 66 valence electrons. The summed E-state index contributed by atoms with van der Waals surface area (Å²) in [5.74, 6) is 0. The van der Waals surface area contributed by atoms with Crippen LogP contribution >= 0.6 is 11.6 Å². The Balaban J connectivity index is 0. The summed E-state index contributed by atoms with van der Waals surface area (Å²) in [6.45, 7) is 0. The van der Waals surface area contributed by atoms with Crippen LogP contribution in [-0.4, -0.2) is 0 Å². The van der Waals surface area contributed by atoms with E-state index in [-0.39, 0.29) is 20.4 Å². The van der Waals surface area contributed by atoms with E-state index in [1.165, 1.54) is 19.3 Å². The summed E-state index contributed by atoms with van der Waals surface area (Å²) in [5, 5.41) is 0. The number of rotatable bonds is 0. The number of hydrogen-bond acceptors (Lipinski definition) is 0. The van der Waals surface area contributed by atoms with E-state index >= 15 is 0 Å². The average molecular weight is 263 g/mol. The van der Waals surface area contributed by atoms with Gasteiger partial charge in [-0.15, -0.1) is 6.42 Å². The quantitative estimate of drug-likeness (QED) is 0.463. The van der Waals surface area contributed by atoms with Gasteiger partial charge in [0.05, 0.1) is 0 Å². The molecule has 1 rings (SSSR count). The van der Waals surface area contributed by atoms with Crippen LogP contribution in [0.25, 0.3) is 0 Å². The SMILES string of the molecule is [C-]1=C/C=C\CCCC1.[CH2-]Cl.[Pd+2]. The first-order valence-corrected chi connectivity index (χ1v) is 4.02. The Bertz CT molecular complexity index is 94.1. The van der Waals surface area contributed by atoms with Crippen LogP contribution in [0.1, 0.15) is 25.7 Å². The van der Waals surface area contributed by atoms with Crippen LogP contribution in [0, 0.1) is 12.5 Å². The fraction of sp³-hybridized carbons (Fsp3) is 0.444. The van der Waals surface area contributed by atoms with E-state index in [0.717, 1.165) is 6.42 Å². The van der Waals surface area contributed by atoms with Gasteiger partial charge in [-0.25, -0.2) is 12.2 Å². The molecule has 11 heavy (non-hydrogen) atoms. The van der Waals surface area contributed by atoms with Crippen molar-refractivity contribution in [2.75, 3.05) is 0 Å². The van der Waals surface area contributed by atoms with Crippen molar-refractivity contribution < 1.29 is 20.4 Å². The molecule has 0 aromatic heterocycles. The zero-order chi connectivity index (χ0) is 7.66. The molecular formula is C9H13ClPd. The summed E-state index contributed by atoms with van der Waals surface area (Å²) in [4.78, 5) is 0. The van der Waals surface area contributed by atoms with E-state index in [2.05, 4.69) is 36.2 Å². The van der Waals surface area contributed by atoms with Crippen molar-refractivity contribution in [1.82, 2.24) is 0 Å². The largest absolute Gasteiger partial charge is 2.00 e. The predicted octanol–water partition coefficient (Wildman–Crippen LogP) is 3.49. The molecule has 0 fully saturated rings. The molecule has 0 aliphatic heterocycles. The average Bonchev–Trinajstić information content (AvgIpc) is 1.90. The topological polar surface area (TPSA) is 0 Å². The number of hydrogen-bond donors (Lipinski definition) is 0. The minimum absolute atomic E-state index is 0. The zero-order valence-corrected chi connectivity index (χ0v) is 8.77. The Morgan fingerprint density at radius 1 is 1.27 bits per heavy atom. The molecule has 0 spiro atoms. The Morgan fingerprint density at radius 3 is 2.73 bits per heavy atom. The molecule has 0 N–H and O–H groups in total. The number of allylic oxidation sites excluding steroid dienone is 4. The van der Waals surface area contributed by atoms with E-state index in [4.69, 9.17) is 0 Å². The molecule has 0 nitrogen and oxygen atoms in total. The molecule has 0 heterocycles. The first-order valence-electron chi connectivity index (χ1n) is 3.48. The maximum Gasteiger partial charge on any atom is 2.00 e. The van der Waals surface area contributed by atoms with Crippen LogP contribution < -0.4 is 0 Å². The second-order valence-electron chi connectivity index (χ2n) is 2.04. The van der Waals surface area contributed by atoms with E-state index in [1.807, 2.05) is 6.08 Å². The fourth-order valence-corrected chi connectivity index (χ4v) is 0.805. The van der Waals surface area contributed by atoms with Gasteiger partial charge in [-0.05, 0) is 0 Å². The van der Waals surface area contributed by atoms with Crippen LogP contribution in [0.3, 0.4) is 0 Å². The Hall–Kier alpha value is 0.432. The van der Waals surface area contributed by atoms with Crippen molar-refractivity contribution in [3.8, 4) is 0 Å². The number of halogens is 1. The molecular weight excluding hydrogens is 250 g/mol. The molecule has 1 aliphatic carbocycles. The van der Waals surface area contributed by atoms with Crippen LogP contribution in [0.5, 0.6) is 0 Å². The van der Waals surface area contributed by atoms with Gasteiger partial charge in [0, 0.05) is 0 Å². The molecule has 0 atom stereocenters. The van der Waals surface area contributed by atoms with Crippen LogP contribution in [0.4, 0.5) is 0 Å².